The number of hydrogen-bond donors (Lipinski definition) is 0. The van der Waals surface area contributed by atoms with E-state index >= 15 is 0 Å². The van der Waals surface area contributed by atoms with Crippen molar-refractivity contribution in [1.82, 2.24) is 4.98 Å². The van der Waals surface area contributed by atoms with E-state index in [4.69, 9.17) is 0 Å². The van der Waals surface area contributed by atoms with Crippen LogP contribution in [0.15, 0.2) is 30.3 Å². The highest BCUT2D eigenvalue weighted by atomic mass is 16.5. The molecule has 0 bridgehead atoms. The highest BCUT2D eigenvalue weighted by molar-refractivity contribution is 5.86. The van der Waals surface area contributed by atoms with Gasteiger partial charge in [-0.05, 0) is 18.6 Å². The Morgan fingerprint density at radius 2 is 2.19 bits per heavy atom. The van der Waals surface area contributed by atoms with Crippen LogP contribution in [0.5, 0.6) is 0 Å². The molecule has 0 unspecified atom stereocenters. The smallest absolute Gasteiger partial charge is 0.305 e. The minimum absolute atomic E-state index is 0.215. The number of nitriles is 1. The number of benzene rings is 1. The van der Waals surface area contributed by atoms with E-state index < -0.39 is 0 Å². The van der Waals surface area contributed by atoms with Gasteiger partial charge in [0.25, 0.3) is 0 Å². The molecule has 5 nitrogen and oxygen atoms in total. The van der Waals surface area contributed by atoms with Crippen LogP contribution in [0.2, 0.25) is 0 Å². The van der Waals surface area contributed by atoms with Crippen molar-refractivity contribution in [3.05, 3.63) is 35.9 Å². The van der Waals surface area contributed by atoms with E-state index in [2.05, 4.69) is 15.8 Å². The Balaban J connectivity index is 2.18. The molecular formula is C16H17N3O2. The zero-order chi connectivity index (χ0) is 15.2. The first kappa shape index (κ1) is 14.8. The van der Waals surface area contributed by atoms with Gasteiger partial charge in [0.15, 0.2) is 0 Å². The molecule has 0 spiro atoms. The molecule has 2 aromatic rings. The fourth-order valence-corrected chi connectivity index (χ4v) is 2.13. The average Bonchev–Trinajstić information content (AvgIpc) is 2.53. The van der Waals surface area contributed by atoms with Gasteiger partial charge in [-0.15, -0.1) is 0 Å². The number of aromatic nitrogens is 1. The van der Waals surface area contributed by atoms with Gasteiger partial charge in [-0.2, -0.15) is 5.26 Å². The van der Waals surface area contributed by atoms with Crippen molar-refractivity contribution >= 4 is 22.7 Å². The Labute approximate surface area is 123 Å². The second-order valence-corrected chi connectivity index (χ2v) is 4.76. The number of carbonyl (C=O) groups excluding carboxylic acids is 1. The van der Waals surface area contributed by atoms with E-state index in [1.54, 1.807) is 6.07 Å². The third-order valence-electron chi connectivity index (χ3n) is 3.32. The maximum Gasteiger partial charge on any atom is 0.305 e. The predicted molar refractivity (Wildman–Crippen MR) is 81.0 cm³/mol. The molecule has 2 rings (SSSR count). The summed E-state index contributed by atoms with van der Waals surface area (Å²) in [5.41, 5.74) is 1.40. The second kappa shape index (κ2) is 6.71. The van der Waals surface area contributed by atoms with Gasteiger partial charge in [0, 0.05) is 25.4 Å². The van der Waals surface area contributed by atoms with Crippen LogP contribution in [0, 0.1) is 11.3 Å². The summed E-state index contributed by atoms with van der Waals surface area (Å²) in [4.78, 5) is 17.6. The first-order valence-corrected chi connectivity index (χ1v) is 6.73. The maximum absolute atomic E-state index is 11.1. The first-order valence-electron chi connectivity index (χ1n) is 6.73. The van der Waals surface area contributed by atoms with E-state index in [0.29, 0.717) is 24.9 Å². The van der Waals surface area contributed by atoms with E-state index in [1.165, 1.54) is 7.11 Å². The standard InChI is InChI=1S/C16H17N3O2/c1-19(9-5-8-16(20)21-2)15-10-12(11-17)13-6-3-4-7-14(13)18-15/h3-4,6-7,10H,5,8-9H2,1-2H3. The van der Waals surface area contributed by atoms with Crippen molar-refractivity contribution in [2.45, 2.75) is 12.8 Å². The summed E-state index contributed by atoms with van der Waals surface area (Å²) in [6, 6.07) is 11.6. The van der Waals surface area contributed by atoms with Crippen molar-refractivity contribution in [2.75, 3.05) is 25.6 Å². The molecule has 0 aliphatic heterocycles. The molecule has 0 atom stereocenters. The summed E-state index contributed by atoms with van der Waals surface area (Å²) >= 11 is 0. The Kier molecular flexibility index (Phi) is 4.72. The summed E-state index contributed by atoms with van der Waals surface area (Å²) in [5.74, 6) is 0.516. The largest absolute Gasteiger partial charge is 0.469 e. The monoisotopic (exact) mass is 283 g/mol. The summed E-state index contributed by atoms with van der Waals surface area (Å²) < 4.78 is 4.62. The molecule has 1 heterocycles. The van der Waals surface area contributed by atoms with Gasteiger partial charge in [-0.25, -0.2) is 4.98 Å². The molecule has 0 amide bonds. The van der Waals surface area contributed by atoms with Gasteiger partial charge in [-0.1, -0.05) is 18.2 Å². The topological polar surface area (TPSA) is 66.2 Å². The van der Waals surface area contributed by atoms with Crippen molar-refractivity contribution in [2.24, 2.45) is 0 Å². The molecule has 1 aromatic carbocycles. The molecule has 108 valence electrons. The zero-order valence-electron chi connectivity index (χ0n) is 12.2. The molecular weight excluding hydrogens is 266 g/mol. The van der Waals surface area contributed by atoms with E-state index in [0.717, 1.165) is 16.7 Å². The molecule has 0 aliphatic rings. The molecule has 0 fully saturated rings. The quantitative estimate of drug-likeness (QED) is 0.789. The number of fused-ring (bicyclic) bond motifs is 1. The number of hydrogen-bond acceptors (Lipinski definition) is 5. The Morgan fingerprint density at radius 1 is 1.43 bits per heavy atom. The lowest BCUT2D eigenvalue weighted by atomic mass is 10.1. The van der Waals surface area contributed by atoms with Crippen LogP contribution in [-0.2, 0) is 9.53 Å². The Hall–Kier alpha value is -2.61. The van der Waals surface area contributed by atoms with Crippen LogP contribution in [0.1, 0.15) is 18.4 Å². The molecule has 0 N–H and O–H groups in total. The molecule has 0 radical (unpaired) electrons. The number of anilines is 1. The van der Waals surface area contributed by atoms with E-state index in [1.807, 2.05) is 36.2 Å². The fourth-order valence-electron chi connectivity index (χ4n) is 2.13. The minimum atomic E-state index is -0.215. The van der Waals surface area contributed by atoms with Crippen LogP contribution < -0.4 is 4.90 Å². The molecule has 0 saturated heterocycles. The van der Waals surface area contributed by atoms with Crippen LogP contribution in [-0.4, -0.2) is 31.7 Å². The van der Waals surface area contributed by atoms with Crippen LogP contribution in [0.25, 0.3) is 10.9 Å². The highest BCUT2D eigenvalue weighted by Crippen LogP contribution is 2.22. The van der Waals surface area contributed by atoms with Gasteiger partial charge >= 0.3 is 5.97 Å². The number of ether oxygens (including phenoxy) is 1. The molecule has 1 aromatic heterocycles. The molecule has 21 heavy (non-hydrogen) atoms. The number of carbonyl (C=O) groups is 1. The molecule has 5 heteroatoms. The van der Waals surface area contributed by atoms with E-state index in [-0.39, 0.29) is 5.97 Å². The predicted octanol–water partition coefficient (Wildman–Crippen LogP) is 2.50. The maximum atomic E-state index is 11.1. The van der Waals surface area contributed by atoms with Crippen molar-refractivity contribution in [3.8, 4) is 6.07 Å². The number of esters is 1. The van der Waals surface area contributed by atoms with Gasteiger partial charge in [-0.3, -0.25) is 4.79 Å². The lowest BCUT2D eigenvalue weighted by molar-refractivity contribution is -0.140. The second-order valence-electron chi connectivity index (χ2n) is 4.76. The summed E-state index contributed by atoms with van der Waals surface area (Å²) in [5, 5.41) is 10.1. The van der Waals surface area contributed by atoms with Crippen molar-refractivity contribution < 1.29 is 9.53 Å². The average molecular weight is 283 g/mol. The highest BCUT2D eigenvalue weighted by Gasteiger charge is 2.09. The SMILES string of the molecule is COC(=O)CCCN(C)c1cc(C#N)c2ccccc2n1. The van der Waals surface area contributed by atoms with Gasteiger partial charge in [0.2, 0.25) is 0 Å². The Bertz CT molecular complexity index is 691. The van der Waals surface area contributed by atoms with Gasteiger partial charge in [0.05, 0.1) is 24.3 Å². The number of nitrogens with zero attached hydrogens (tertiary/aromatic N) is 3. The third kappa shape index (κ3) is 3.48. The summed E-state index contributed by atoms with van der Waals surface area (Å²) in [6.45, 7) is 0.672. The lowest BCUT2D eigenvalue weighted by Gasteiger charge is -2.18. The van der Waals surface area contributed by atoms with Gasteiger partial charge < -0.3 is 9.64 Å². The number of pyridine rings is 1. The Morgan fingerprint density at radius 3 is 2.90 bits per heavy atom. The van der Waals surface area contributed by atoms with Crippen molar-refractivity contribution in [1.29, 1.82) is 5.26 Å². The number of para-hydroxylation sites is 1. The fraction of sp³-hybridized carbons (Fsp3) is 0.312. The van der Waals surface area contributed by atoms with Gasteiger partial charge in [0.1, 0.15) is 5.82 Å². The molecule has 0 saturated carbocycles. The summed E-state index contributed by atoms with van der Waals surface area (Å²) in [7, 11) is 3.28. The molecule has 0 aliphatic carbocycles. The normalized spacial score (nSPS) is 10.1. The third-order valence-corrected chi connectivity index (χ3v) is 3.32. The van der Waals surface area contributed by atoms with Crippen LogP contribution >= 0.6 is 0 Å². The minimum Gasteiger partial charge on any atom is -0.469 e. The van der Waals surface area contributed by atoms with Crippen LogP contribution in [0.4, 0.5) is 5.82 Å². The van der Waals surface area contributed by atoms with Crippen molar-refractivity contribution in [3.63, 3.8) is 0 Å². The first-order chi connectivity index (χ1) is 10.2. The van der Waals surface area contributed by atoms with Crippen LogP contribution in [0.3, 0.4) is 0 Å². The number of methoxy groups -OCH3 is 1. The summed E-state index contributed by atoms with van der Waals surface area (Å²) in [6.07, 6.45) is 1.05. The lowest BCUT2D eigenvalue weighted by Crippen LogP contribution is -2.20. The van der Waals surface area contributed by atoms with E-state index in [9.17, 15) is 10.1 Å². The zero-order valence-corrected chi connectivity index (χ0v) is 12.2. The number of rotatable bonds is 5.